The number of nitrogens with one attached hydrogen (secondary N) is 1. The van der Waals surface area contributed by atoms with Gasteiger partial charge in [-0.05, 0) is 37.5 Å². The van der Waals surface area contributed by atoms with Crippen LogP contribution in [0, 0.1) is 6.92 Å². The maximum absolute atomic E-state index is 12.4. The van der Waals surface area contributed by atoms with Gasteiger partial charge in [0.05, 0.1) is 24.6 Å². The molecule has 132 valence electrons. The van der Waals surface area contributed by atoms with E-state index in [1.54, 1.807) is 12.1 Å². The van der Waals surface area contributed by atoms with Crippen molar-refractivity contribution in [3.63, 3.8) is 0 Å². The Morgan fingerprint density at radius 2 is 2.21 bits per heavy atom. The lowest BCUT2D eigenvalue weighted by Crippen LogP contribution is -2.51. The lowest BCUT2D eigenvalue weighted by atomic mass is 10.1. The number of benzene rings is 1. The van der Waals surface area contributed by atoms with Gasteiger partial charge in [0.15, 0.2) is 6.10 Å². The molecule has 1 aromatic rings. The zero-order valence-corrected chi connectivity index (χ0v) is 14.6. The van der Waals surface area contributed by atoms with Crippen molar-refractivity contribution in [1.82, 2.24) is 5.32 Å². The van der Waals surface area contributed by atoms with E-state index in [0.29, 0.717) is 18.0 Å². The molecular formula is C16H22N2O5S. The highest BCUT2D eigenvalue weighted by atomic mass is 32.2. The molecule has 0 aromatic heterocycles. The Morgan fingerprint density at radius 3 is 2.88 bits per heavy atom. The van der Waals surface area contributed by atoms with Crippen LogP contribution >= 0.6 is 0 Å². The molecule has 0 bridgehead atoms. The zero-order valence-electron chi connectivity index (χ0n) is 13.8. The standard InChI is InChI=1S/C16H22N2O5S/c1-11-5-6-14-13(8-11)18(24(2,20)21)10-15(23-14)16(19)17-9-12-4-3-7-22-12/h5-6,8,12,15H,3-4,7,9-10H2,1-2H3,(H,17,19). The molecule has 0 saturated carbocycles. The number of aryl methyl sites for hydroxylation is 1. The van der Waals surface area contributed by atoms with Crippen LogP contribution in [-0.2, 0) is 19.6 Å². The van der Waals surface area contributed by atoms with E-state index in [-0.39, 0.29) is 18.6 Å². The van der Waals surface area contributed by atoms with Crippen LogP contribution in [0.2, 0.25) is 0 Å². The molecule has 0 spiro atoms. The summed E-state index contributed by atoms with van der Waals surface area (Å²) in [5.41, 5.74) is 1.40. The van der Waals surface area contributed by atoms with Crippen molar-refractivity contribution in [1.29, 1.82) is 0 Å². The first-order chi connectivity index (χ1) is 11.3. The predicted octanol–water partition coefficient (Wildman–Crippen LogP) is 0.817. The summed E-state index contributed by atoms with van der Waals surface area (Å²) in [6, 6.07) is 5.27. The Hall–Kier alpha value is -1.80. The Bertz CT molecular complexity index is 728. The first-order valence-electron chi connectivity index (χ1n) is 7.99. The minimum absolute atomic E-state index is 0.0264. The molecule has 24 heavy (non-hydrogen) atoms. The van der Waals surface area contributed by atoms with Crippen LogP contribution < -0.4 is 14.4 Å². The number of ether oxygens (including phenoxy) is 2. The normalized spacial score (nSPS) is 23.5. The van der Waals surface area contributed by atoms with E-state index in [2.05, 4.69) is 5.32 Å². The van der Waals surface area contributed by atoms with Gasteiger partial charge in [0.25, 0.3) is 5.91 Å². The second kappa shape index (κ2) is 6.60. The number of carbonyl (C=O) groups is 1. The number of sulfonamides is 1. The average molecular weight is 354 g/mol. The van der Waals surface area contributed by atoms with Gasteiger partial charge < -0.3 is 14.8 Å². The summed E-state index contributed by atoms with van der Waals surface area (Å²) in [4.78, 5) is 12.4. The first kappa shape index (κ1) is 17.0. The van der Waals surface area contributed by atoms with E-state index >= 15 is 0 Å². The fourth-order valence-corrected chi connectivity index (χ4v) is 3.85. The molecule has 0 aliphatic carbocycles. The number of nitrogens with zero attached hydrogens (tertiary/aromatic N) is 1. The van der Waals surface area contributed by atoms with E-state index in [1.165, 1.54) is 4.31 Å². The van der Waals surface area contributed by atoms with Gasteiger partial charge in [-0.1, -0.05) is 6.07 Å². The molecule has 8 heteroatoms. The maximum Gasteiger partial charge on any atom is 0.263 e. The summed E-state index contributed by atoms with van der Waals surface area (Å²) in [7, 11) is -3.50. The topological polar surface area (TPSA) is 84.9 Å². The van der Waals surface area contributed by atoms with Gasteiger partial charge in [-0.15, -0.1) is 0 Å². The molecule has 1 amide bonds. The van der Waals surface area contributed by atoms with Crippen LogP contribution in [0.25, 0.3) is 0 Å². The minimum Gasteiger partial charge on any atom is -0.476 e. The molecule has 1 fully saturated rings. The molecule has 0 radical (unpaired) electrons. The summed E-state index contributed by atoms with van der Waals surface area (Å²) in [6.45, 7) is 2.97. The summed E-state index contributed by atoms with van der Waals surface area (Å²) in [5.74, 6) is 0.0694. The fraction of sp³-hybridized carbons (Fsp3) is 0.562. The van der Waals surface area contributed by atoms with Gasteiger partial charge in [-0.3, -0.25) is 9.10 Å². The zero-order chi connectivity index (χ0) is 17.3. The van der Waals surface area contributed by atoms with Crippen molar-refractivity contribution >= 4 is 21.6 Å². The number of amides is 1. The number of rotatable bonds is 4. The van der Waals surface area contributed by atoms with E-state index in [0.717, 1.165) is 31.3 Å². The highest BCUT2D eigenvalue weighted by molar-refractivity contribution is 7.92. The molecule has 1 N–H and O–H groups in total. The van der Waals surface area contributed by atoms with Crippen molar-refractivity contribution in [3.05, 3.63) is 23.8 Å². The quantitative estimate of drug-likeness (QED) is 0.865. The molecule has 3 rings (SSSR count). The molecule has 1 saturated heterocycles. The van der Waals surface area contributed by atoms with E-state index in [9.17, 15) is 13.2 Å². The highest BCUT2D eigenvalue weighted by Gasteiger charge is 2.35. The molecule has 2 unspecified atom stereocenters. The van der Waals surface area contributed by atoms with Gasteiger partial charge in [0.2, 0.25) is 10.0 Å². The maximum atomic E-state index is 12.4. The van der Waals surface area contributed by atoms with Gasteiger partial charge in [-0.2, -0.15) is 0 Å². The summed E-state index contributed by atoms with van der Waals surface area (Å²) in [6.07, 6.45) is 2.19. The number of hydrogen-bond acceptors (Lipinski definition) is 5. The number of carbonyl (C=O) groups excluding carboxylic acids is 1. The second-order valence-corrected chi connectivity index (χ2v) is 8.16. The molecule has 2 aliphatic heterocycles. The van der Waals surface area contributed by atoms with E-state index < -0.39 is 16.1 Å². The lowest BCUT2D eigenvalue weighted by Gasteiger charge is -2.34. The highest BCUT2D eigenvalue weighted by Crippen LogP contribution is 2.35. The Morgan fingerprint density at radius 1 is 1.42 bits per heavy atom. The smallest absolute Gasteiger partial charge is 0.263 e. The third kappa shape index (κ3) is 3.64. The van der Waals surface area contributed by atoms with Gasteiger partial charge in [-0.25, -0.2) is 8.42 Å². The SMILES string of the molecule is Cc1ccc2c(c1)N(S(C)(=O)=O)CC(C(=O)NCC1CCCO1)O2. The van der Waals surface area contributed by atoms with Crippen molar-refractivity contribution in [2.45, 2.75) is 32.0 Å². The van der Waals surface area contributed by atoms with Crippen molar-refractivity contribution in [3.8, 4) is 5.75 Å². The minimum atomic E-state index is -3.50. The van der Waals surface area contributed by atoms with Crippen LogP contribution in [0.3, 0.4) is 0 Å². The number of hydrogen-bond donors (Lipinski definition) is 1. The molecule has 1 aromatic carbocycles. The molecule has 2 atom stereocenters. The van der Waals surface area contributed by atoms with Crippen LogP contribution in [0.4, 0.5) is 5.69 Å². The number of fused-ring (bicyclic) bond motifs is 1. The Kier molecular flexibility index (Phi) is 4.69. The monoisotopic (exact) mass is 354 g/mol. The Labute approximate surface area is 142 Å². The number of anilines is 1. The van der Waals surface area contributed by atoms with E-state index in [4.69, 9.17) is 9.47 Å². The van der Waals surface area contributed by atoms with Crippen molar-refractivity contribution in [2.24, 2.45) is 0 Å². The van der Waals surface area contributed by atoms with Crippen LogP contribution in [0.15, 0.2) is 18.2 Å². The predicted molar refractivity (Wildman–Crippen MR) is 89.8 cm³/mol. The molecule has 2 heterocycles. The van der Waals surface area contributed by atoms with Crippen LogP contribution in [0.5, 0.6) is 5.75 Å². The fourth-order valence-electron chi connectivity index (χ4n) is 2.95. The summed E-state index contributed by atoms with van der Waals surface area (Å²) >= 11 is 0. The van der Waals surface area contributed by atoms with E-state index in [1.807, 2.05) is 13.0 Å². The first-order valence-corrected chi connectivity index (χ1v) is 9.84. The third-order valence-electron chi connectivity index (χ3n) is 4.20. The van der Waals surface area contributed by atoms with Gasteiger partial charge in [0, 0.05) is 13.2 Å². The molecule has 2 aliphatic rings. The van der Waals surface area contributed by atoms with Crippen molar-refractivity contribution < 1.29 is 22.7 Å². The van der Waals surface area contributed by atoms with Gasteiger partial charge in [0.1, 0.15) is 5.75 Å². The second-order valence-electron chi connectivity index (χ2n) is 6.25. The lowest BCUT2D eigenvalue weighted by molar-refractivity contribution is -0.128. The summed E-state index contributed by atoms with van der Waals surface area (Å²) < 4.78 is 36.7. The molecule has 7 nitrogen and oxygen atoms in total. The van der Waals surface area contributed by atoms with Crippen LogP contribution in [-0.4, -0.2) is 52.5 Å². The molecular weight excluding hydrogens is 332 g/mol. The Balaban J connectivity index is 1.76. The third-order valence-corrected chi connectivity index (χ3v) is 5.35. The average Bonchev–Trinajstić information content (AvgIpc) is 3.04. The van der Waals surface area contributed by atoms with Crippen LogP contribution in [0.1, 0.15) is 18.4 Å². The summed E-state index contributed by atoms with van der Waals surface area (Å²) in [5, 5.41) is 2.80. The van der Waals surface area contributed by atoms with Crippen molar-refractivity contribution in [2.75, 3.05) is 30.3 Å². The largest absolute Gasteiger partial charge is 0.476 e. The van der Waals surface area contributed by atoms with Gasteiger partial charge >= 0.3 is 0 Å².